The molecule has 0 amide bonds. The molecule has 6 nitrogen and oxygen atoms in total. The van der Waals surface area contributed by atoms with Crippen molar-refractivity contribution in [1.82, 2.24) is 14.5 Å². The van der Waals surface area contributed by atoms with Gasteiger partial charge >= 0.3 is 0 Å². The summed E-state index contributed by atoms with van der Waals surface area (Å²) in [7, 11) is -1.54. The Bertz CT molecular complexity index is 1090. The molecule has 0 saturated heterocycles. The normalized spacial score (nSPS) is 16.1. The molecule has 1 unspecified atom stereocenters. The van der Waals surface area contributed by atoms with E-state index in [2.05, 4.69) is 16.9 Å². The molecule has 0 aliphatic heterocycles. The maximum Gasteiger partial charge on any atom is 0.208 e. The van der Waals surface area contributed by atoms with Gasteiger partial charge in [-0.25, -0.2) is 17.8 Å². The average molecular weight is 398 g/mol. The molecule has 0 spiro atoms. The number of hydrogen-bond acceptors (Lipinski definition) is 4. The van der Waals surface area contributed by atoms with Crippen LogP contribution in [-0.4, -0.2) is 38.1 Å². The van der Waals surface area contributed by atoms with Crippen LogP contribution in [0.25, 0.3) is 16.9 Å². The maximum absolute atomic E-state index is 11.5. The summed E-state index contributed by atoms with van der Waals surface area (Å²) in [6, 6.07) is 18.0. The smallest absolute Gasteiger partial charge is 0.208 e. The second-order valence-corrected chi connectivity index (χ2v) is 8.95. The van der Waals surface area contributed by atoms with E-state index in [9.17, 15) is 8.42 Å². The van der Waals surface area contributed by atoms with Crippen LogP contribution in [0, 0.1) is 5.92 Å². The number of rotatable bonds is 6. The van der Waals surface area contributed by atoms with Crippen LogP contribution < -0.4 is 9.46 Å². The molecule has 1 N–H and O–H groups in total. The van der Waals surface area contributed by atoms with Gasteiger partial charge in [0, 0.05) is 17.7 Å². The van der Waals surface area contributed by atoms with Crippen LogP contribution in [0.4, 0.5) is 0 Å². The molecule has 1 atom stereocenters. The van der Waals surface area contributed by atoms with E-state index in [1.54, 1.807) is 7.11 Å². The highest BCUT2D eigenvalue weighted by molar-refractivity contribution is 7.88. The lowest BCUT2D eigenvalue weighted by molar-refractivity contribution is 0.411. The van der Waals surface area contributed by atoms with E-state index in [1.165, 1.54) is 11.8 Å². The molecule has 28 heavy (non-hydrogen) atoms. The average Bonchev–Trinajstić information content (AvgIpc) is 3.23. The van der Waals surface area contributed by atoms with Crippen molar-refractivity contribution in [2.75, 3.05) is 19.9 Å². The van der Waals surface area contributed by atoms with Crippen molar-refractivity contribution < 1.29 is 13.2 Å². The Kier molecular flexibility index (Phi) is 4.95. The summed E-state index contributed by atoms with van der Waals surface area (Å²) in [5.41, 5.74) is 5.22. The minimum Gasteiger partial charge on any atom is -0.494 e. The van der Waals surface area contributed by atoms with E-state index >= 15 is 0 Å². The summed E-state index contributed by atoms with van der Waals surface area (Å²) in [4.78, 5) is 0. The minimum absolute atomic E-state index is 0.210. The van der Waals surface area contributed by atoms with E-state index in [4.69, 9.17) is 9.84 Å². The highest BCUT2D eigenvalue weighted by atomic mass is 32.2. The molecule has 4 rings (SSSR count). The van der Waals surface area contributed by atoms with Crippen molar-refractivity contribution in [3.63, 3.8) is 0 Å². The molecule has 0 fully saturated rings. The van der Waals surface area contributed by atoms with Crippen molar-refractivity contribution >= 4 is 10.0 Å². The molecule has 1 aliphatic rings. The van der Waals surface area contributed by atoms with Crippen LogP contribution in [0.5, 0.6) is 5.75 Å². The van der Waals surface area contributed by atoms with E-state index in [0.29, 0.717) is 6.54 Å². The van der Waals surface area contributed by atoms with Gasteiger partial charge in [0.2, 0.25) is 10.0 Å². The molecular formula is C21H23N3O3S. The maximum atomic E-state index is 11.5. The molecule has 1 aliphatic carbocycles. The Morgan fingerprint density at radius 1 is 1.11 bits per heavy atom. The van der Waals surface area contributed by atoms with Gasteiger partial charge in [0.25, 0.3) is 0 Å². The van der Waals surface area contributed by atoms with Gasteiger partial charge in [0.15, 0.2) is 0 Å². The Hall–Kier alpha value is -2.64. The van der Waals surface area contributed by atoms with Crippen molar-refractivity contribution in [2.45, 2.75) is 12.8 Å². The molecule has 7 heteroatoms. The first kappa shape index (κ1) is 18.7. The fourth-order valence-electron chi connectivity index (χ4n) is 3.79. The van der Waals surface area contributed by atoms with Gasteiger partial charge in [-0.15, -0.1) is 0 Å². The topological polar surface area (TPSA) is 73.2 Å². The zero-order chi connectivity index (χ0) is 19.7. The predicted molar refractivity (Wildman–Crippen MR) is 109 cm³/mol. The molecular weight excluding hydrogens is 374 g/mol. The molecule has 146 valence electrons. The lowest BCUT2D eigenvalue weighted by atomic mass is 10.0. The number of nitrogens with zero attached hydrogens (tertiary/aromatic N) is 2. The van der Waals surface area contributed by atoms with Crippen LogP contribution in [0.2, 0.25) is 0 Å². The molecule has 1 heterocycles. The number of ether oxygens (including phenoxy) is 1. The first-order valence-electron chi connectivity index (χ1n) is 9.20. The summed E-state index contributed by atoms with van der Waals surface area (Å²) >= 11 is 0. The number of methoxy groups -OCH3 is 1. The zero-order valence-corrected chi connectivity index (χ0v) is 16.7. The van der Waals surface area contributed by atoms with Crippen molar-refractivity contribution in [2.24, 2.45) is 5.92 Å². The quantitative estimate of drug-likeness (QED) is 0.694. The fourth-order valence-corrected chi connectivity index (χ4v) is 4.33. The van der Waals surface area contributed by atoms with Crippen LogP contribution >= 0.6 is 0 Å². The third kappa shape index (κ3) is 3.68. The third-order valence-electron chi connectivity index (χ3n) is 5.04. The summed E-state index contributed by atoms with van der Waals surface area (Å²) < 4.78 is 33.0. The number of nitrogens with one attached hydrogen (secondary N) is 1. The van der Waals surface area contributed by atoms with Gasteiger partial charge in [-0.3, -0.25) is 0 Å². The lowest BCUT2D eigenvalue weighted by Gasteiger charge is -2.15. The lowest BCUT2D eigenvalue weighted by Crippen LogP contribution is -2.28. The number of fused-ring (bicyclic) bond motifs is 1. The Morgan fingerprint density at radius 3 is 2.54 bits per heavy atom. The largest absolute Gasteiger partial charge is 0.494 e. The SMILES string of the molecule is COc1ccccc1-n1nc2c(c1-c1ccccc1)CC(CNS(C)(=O)=O)C2. The molecule has 2 aromatic carbocycles. The van der Waals surface area contributed by atoms with E-state index < -0.39 is 10.0 Å². The highest BCUT2D eigenvalue weighted by Crippen LogP contribution is 2.38. The van der Waals surface area contributed by atoms with Crippen molar-refractivity contribution in [3.8, 4) is 22.7 Å². The Balaban J connectivity index is 1.77. The Morgan fingerprint density at radius 2 is 1.82 bits per heavy atom. The highest BCUT2D eigenvalue weighted by Gasteiger charge is 2.31. The first-order chi connectivity index (χ1) is 13.5. The molecule has 1 aromatic heterocycles. The van der Waals surface area contributed by atoms with E-state index in [1.807, 2.05) is 47.1 Å². The van der Waals surface area contributed by atoms with Gasteiger partial charge in [0.05, 0.1) is 24.8 Å². The van der Waals surface area contributed by atoms with Gasteiger partial charge < -0.3 is 4.74 Å². The summed E-state index contributed by atoms with van der Waals surface area (Å²) in [6.07, 6.45) is 2.73. The monoisotopic (exact) mass is 397 g/mol. The van der Waals surface area contributed by atoms with E-state index in [0.717, 1.165) is 41.2 Å². The number of aromatic nitrogens is 2. The Labute approximate surface area is 165 Å². The number of benzene rings is 2. The molecule has 0 bridgehead atoms. The van der Waals surface area contributed by atoms with Crippen molar-refractivity contribution in [3.05, 3.63) is 65.9 Å². The first-order valence-corrected chi connectivity index (χ1v) is 11.1. The van der Waals surface area contributed by atoms with Gasteiger partial charge in [-0.05, 0) is 30.9 Å². The number of hydrogen-bond donors (Lipinski definition) is 1. The number of sulfonamides is 1. The van der Waals surface area contributed by atoms with Gasteiger partial charge in [-0.2, -0.15) is 5.10 Å². The molecule has 0 radical (unpaired) electrons. The second kappa shape index (κ2) is 7.41. The summed E-state index contributed by atoms with van der Waals surface area (Å²) in [5, 5.41) is 4.90. The van der Waals surface area contributed by atoms with Gasteiger partial charge in [-0.1, -0.05) is 42.5 Å². The minimum atomic E-state index is -3.20. The fraction of sp³-hybridized carbons (Fsp3) is 0.286. The molecule has 3 aromatic rings. The van der Waals surface area contributed by atoms with Crippen molar-refractivity contribution in [1.29, 1.82) is 0 Å². The predicted octanol–water partition coefficient (Wildman–Crippen LogP) is 2.81. The van der Waals surface area contributed by atoms with Crippen LogP contribution in [0.1, 0.15) is 11.3 Å². The van der Waals surface area contributed by atoms with Gasteiger partial charge in [0.1, 0.15) is 11.4 Å². The van der Waals surface area contributed by atoms with Crippen LogP contribution in [-0.2, 0) is 22.9 Å². The summed E-state index contributed by atoms with van der Waals surface area (Å²) in [6.45, 7) is 0.429. The summed E-state index contributed by atoms with van der Waals surface area (Å²) in [5.74, 6) is 0.971. The third-order valence-corrected chi connectivity index (χ3v) is 5.73. The number of para-hydroxylation sites is 2. The van der Waals surface area contributed by atoms with Crippen LogP contribution in [0.15, 0.2) is 54.6 Å². The standard InChI is InChI=1S/C21H23N3O3S/c1-27-20-11-7-6-10-19(20)24-21(16-8-4-3-5-9-16)17-12-15(13-18(17)23-24)14-22-28(2,25)26/h3-11,15,22H,12-14H2,1-2H3. The van der Waals surface area contributed by atoms with Crippen LogP contribution in [0.3, 0.4) is 0 Å². The second-order valence-electron chi connectivity index (χ2n) is 7.12. The zero-order valence-electron chi connectivity index (χ0n) is 15.9. The molecule has 0 saturated carbocycles. The van der Waals surface area contributed by atoms with E-state index in [-0.39, 0.29) is 5.92 Å².